The fraction of sp³-hybridized carbons (Fsp3) is 0.385. The van der Waals surface area contributed by atoms with Gasteiger partial charge in [-0.25, -0.2) is 0 Å². The zero-order valence-electron chi connectivity index (χ0n) is 11.0. The lowest BCUT2D eigenvalue weighted by molar-refractivity contribution is 0.204. The molecule has 0 saturated heterocycles. The highest BCUT2D eigenvalue weighted by Crippen LogP contribution is 2.07. The Hall–Kier alpha value is -1.46. The second-order valence-corrected chi connectivity index (χ2v) is 4.39. The Morgan fingerprint density at radius 1 is 1.44 bits per heavy atom. The van der Waals surface area contributed by atoms with Crippen LogP contribution in [0.5, 0.6) is 0 Å². The minimum Gasteiger partial charge on any atom is -0.383 e. The van der Waals surface area contributed by atoms with Gasteiger partial charge in [0, 0.05) is 13.7 Å². The average Bonchev–Trinajstić information content (AvgIpc) is 2.32. The number of nitrogens with zero attached hydrogens (tertiary/aromatic N) is 1. The van der Waals surface area contributed by atoms with E-state index in [4.69, 9.17) is 17.0 Å². The van der Waals surface area contributed by atoms with E-state index in [-0.39, 0.29) is 0 Å². The molecule has 1 rings (SSSR count). The lowest BCUT2D eigenvalue weighted by Gasteiger charge is -2.06. The number of thiocarbonyl (C=S) groups is 1. The molecule has 0 spiro atoms. The summed E-state index contributed by atoms with van der Waals surface area (Å²) in [4.78, 5) is 0. The second-order valence-electron chi connectivity index (χ2n) is 3.98. The van der Waals surface area contributed by atoms with Crippen LogP contribution in [-0.2, 0) is 4.74 Å². The molecule has 5 heteroatoms. The minimum atomic E-state index is 0.494. The van der Waals surface area contributed by atoms with E-state index in [2.05, 4.69) is 41.8 Å². The van der Waals surface area contributed by atoms with E-state index in [1.165, 1.54) is 11.1 Å². The van der Waals surface area contributed by atoms with Gasteiger partial charge in [0.1, 0.15) is 0 Å². The Morgan fingerprint density at radius 2 is 2.22 bits per heavy atom. The highest BCUT2D eigenvalue weighted by molar-refractivity contribution is 7.80. The van der Waals surface area contributed by atoms with E-state index in [1.807, 2.05) is 6.07 Å². The van der Waals surface area contributed by atoms with Crippen molar-refractivity contribution in [1.29, 1.82) is 0 Å². The normalized spacial score (nSPS) is 10.6. The lowest BCUT2D eigenvalue weighted by Crippen LogP contribution is -2.34. The van der Waals surface area contributed by atoms with Crippen molar-refractivity contribution in [2.45, 2.75) is 13.8 Å². The van der Waals surface area contributed by atoms with Crippen LogP contribution >= 0.6 is 12.2 Å². The van der Waals surface area contributed by atoms with Gasteiger partial charge in [-0.05, 0) is 37.2 Å². The molecular weight excluding hydrogens is 246 g/mol. The molecule has 18 heavy (non-hydrogen) atoms. The summed E-state index contributed by atoms with van der Waals surface area (Å²) in [6.07, 6.45) is 1.76. The fourth-order valence-corrected chi connectivity index (χ4v) is 1.59. The first kappa shape index (κ1) is 14.6. The lowest BCUT2D eigenvalue weighted by atomic mass is 10.1. The standard InChI is InChI=1S/C13H19N3OS/c1-10-4-5-12(11(2)8-10)9-15-16-13(18)14-6-7-17-3/h4-5,8-9H,6-7H2,1-3H3,(H2,14,16,18)/b15-9+. The number of hydrogen-bond acceptors (Lipinski definition) is 3. The Labute approximate surface area is 113 Å². The van der Waals surface area contributed by atoms with E-state index in [0.717, 1.165) is 5.56 Å². The Kier molecular flexibility index (Phi) is 6.32. The fourth-order valence-electron chi connectivity index (χ4n) is 1.44. The highest BCUT2D eigenvalue weighted by atomic mass is 32.1. The smallest absolute Gasteiger partial charge is 0.187 e. The maximum absolute atomic E-state index is 5.04. The largest absolute Gasteiger partial charge is 0.383 e. The van der Waals surface area contributed by atoms with E-state index in [0.29, 0.717) is 18.3 Å². The van der Waals surface area contributed by atoms with Gasteiger partial charge in [-0.2, -0.15) is 5.10 Å². The van der Waals surface area contributed by atoms with Crippen LogP contribution in [0, 0.1) is 13.8 Å². The van der Waals surface area contributed by atoms with Crippen molar-refractivity contribution in [3.8, 4) is 0 Å². The molecule has 0 aliphatic heterocycles. The summed E-state index contributed by atoms with van der Waals surface area (Å²) in [5.41, 5.74) is 6.28. The van der Waals surface area contributed by atoms with Crippen molar-refractivity contribution in [2.75, 3.05) is 20.3 Å². The Morgan fingerprint density at radius 3 is 2.89 bits per heavy atom. The Bertz CT molecular complexity index is 432. The van der Waals surface area contributed by atoms with Crippen molar-refractivity contribution < 1.29 is 4.74 Å². The third-order valence-electron chi connectivity index (χ3n) is 2.39. The van der Waals surface area contributed by atoms with Crippen molar-refractivity contribution in [3.05, 3.63) is 34.9 Å². The highest BCUT2D eigenvalue weighted by Gasteiger charge is 1.95. The van der Waals surface area contributed by atoms with Gasteiger partial charge in [0.2, 0.25) is 0 Å². The summed E-state index contributed by atoms with van der Waals surface area (Å²) < 4.78 is 4.90. The average molecular weight is 265 g/mol. The number of hydrazone groups is 1. The minimum absolute atomic E-state index is 0.494. The van der Waals surface area contributed by atoms with Crippen LogP contribution in [0.1, 0.15) is 16.7 Å². The first-order chi connectivity index (χ1) is 8.63. The van der Waals surface area contributed by atoms with Crippen LogP contribution in [-0.4, -0.2) is 31.6 Å². The SMILES string of the molecule is COCCNC(=S)N/N=C/c1ccc(C)cc1C. The van der Waals surface area contributed by atoms with Gasteiger partial charge < -0.3 is 10.1 Å². The predicted octanol–water partition coefficient (Wildman–Crippen LogP) is 1.75. The molecule has 0 fully saturated rings. The first-order valence-electron chi connectivity index (χ1n) is 5.76. The van der Waals surface area contributed by atoms with Gasteiger partial charge in [-0.1, -0.05) is 23.8 Å². The molecule has 0 unspecified atom stereocenters. The summed E-state index contributed by atoms with van der Waals surface area (Å²) in [5.74, 6) is 0. The third kappa shape index (κ3) is 5.25. The van der Waals surface area contributed by atoms with Crippen LogP contribution in [0.25, 0.3) is 0 Å². The van der Waals surface area contributed by atoms with Crippen molar-refractivity contribution in [3.63, 3.8) is 0 Å². The van der Waals surface area contributed by atoms with Crippen molar-refractivity contribution in [2.24, 2.45) is 5.10 Å². The van der Waals surface area contributed by atoms with Crippen LogP contribution in [0.2, 0.25) is 0 Å². The number of nitrogens with one attached hydrogen (secondary N) is 2. The molecule has 1 aromatic carbocycles. The number of ether oxygens (including phenoxy) is 1. The third-order valence-corrected chi connectivity index (χ3v) is 2.62. The maximum atomic E-state index is 5.04. The van der Waals surface area contributed by atoms with Gasteiger partial charge in [-0.15, -0.1) is 0 Å². The molecule has 0 heterocycles. The van der Waals surface area contributed by atoms with E-state index in [1.54, 1.807) is 13.3 Å². The molecule has 4 nitrogen and oxygen atoms in total. The van der Waals surface area contributed by atoms with E-state index < -0.39 is 0 Å². The van der Waals surface area contributed by atoms with Gasteiger partial charge in [0.05, 0.1) is 12.8 Å². The number of aryl methyl sites for hydroxylation is 2. The van der Waals surface area contributed by atoms with Gasteiger partial charge in [-0.3, -0.25) is 5.43 Å². The van der Waals surface area contributed by atoms with E-state index in [9.17, 15) is 0 Å². The molecule has 0 aliphatic carbocycles. The van der Waals surface area contributed by atoms with Crippen molar-refractivity contribution >= 4 is 23.5 Å². The van der Waals surface area contributed by atoms with E-state index >= 15 is 0 Å². The number of methoxy groups -OCH3 is 1. The van der Waals surface area contributed by atoms with Crippen LogP contribution in [0.15, 0.2) is 23.3 Å². The topological polar surface area (TPSA) is 45.6 Å². The molecular formula is C13H19N3OS. The monoisotopic (exact) mass is 265 g/mol. The molecule has 0 radical (unpaired) electrons. The molecule has 0 aromatic heterocycles. The summed E-state index contributed by atoms with van der Waals surface area (Å²) in [7, 11) is 1.65. The van der Waals surface area contributed by atoms with Gasteiger partial charge in [0.25, 0.3) is 0 Å². The first-order valence-corrected chi connectivity index (χ1v) is 6.17. The predicted molar refractivity (Wildman–Crippen MR) is 79.1 cm³/mol. The van der Waals surface area contributed by atoms with Crippen molar-refractivity contribution in [1.82, 2.24) is 10.7 Å². The zero-order chi connectivity index (χ0) is 13.4. The molecule has 0 saturated carbocycles. The van der Waals surface area contributed by atoms with Crippen LogP contribution < -0.4 is 10.7 Å². The molecule has 1 aromatic rings. The number of rotatable bonds is 5. The summed E-state index contributed by atoms with van der Waals surface area (Å²) in [6.45, 7) is 5.41. The molecule has 0 atom stereocenters. The molecule has 2 N–H and O–H groups in total. The maximum Gasteiger partial charge on any atom is 0.187 e. The molecule has 0 amide bonds. The number of benzene rings is 1. The summed E-state index contributed by atoms with van der Waals surface area (Å²) >= 11 is 5.04. The molecule has 0 aliphatic rings. The second kappa shape index (κ2) is 7.79. The van der Waals surface area contributed by atoms with Gasteiger partial charge >= 0.3 is 0 Å². The zero-order valence-corrected chi connectivity index (χ0v) is 11.8. The molecule has 98 valence electrons. The quantitative estimate of drug-likeness (QED) is 0.368. The molecule has 0 bridgehead atoms. The van der Waals surface area contributed by atoms with Crippen LogP contribution in [0.4, 0.5) is 0 Å². The van der Waals surface area contributed by atoms with Crippen LogP contribution in [0.3, 0.4) is 0 Å². The summed E-state index contributed by atoms with van der Waals surface area (Å²) in [5, 5.41) is 7.56. The number of hydrogen-bond donors (Lipinski definition) is 2. The van der Waals surface area contributed by atoms with Gasteiger partial charge in [0.15, 0.2) is 5.11 Å². The Balaban J connectivity index is 2.42. The summed E-state index contributed by atoms with van der Waals surface area (Å²) in [6, 6.07) is 6.22.